The van der Waals surface area contributed by atoms with Crippen LogP contribution < -0.4 is 4.74 Å². The monoisotopic (exact) mass is 339 g/mol. The van der Waals surface area contributed by atoms with E-state index in [9.17, 15) is 17.6 Å². The summed E-state index contributed by atoms with van der Waals surface area (Å²) in [4.78, 5) is 2.14. The number of ether oxygens (including phenoxy) is 1. The van der Waals surface area contributed by atoms with Crippen LogP contribution in [0.2, 0.25) is 0 Å². The first-order chi connectivity index (χ1) is 11.3. The van der Waals surface area contributed by atoms with Gasteiger partial charge in [-0.05, 0) is 52.9 Å². The molecule has 0 spiro atoms. The van der Waals surface area contributed by atoms with Crippen LogP contribution in [0.25, 0.3) is 0 Å². The lowest BCUT2D eigenvalue weighted by Crippen LogP contribution is -2.17. The van der Waals surface area contributed by atoms with E-state index in [1.54, 1.807) is 24.3 Å². The lowest BCUT2D eigenvalue weighted by atomic mass is 10.0. The van der Waals surface area contributed by atoms with Crippen LogP contribution in [0.3, 0.4) is 0 Å². The number of benzene rings is 2. The number of alkyl halides is 3. The number of aryl methyl sites for hydroxylation is 1. The lowest BCUT2D eigenvalue weighted by molar-refractivity contribution is -0.274. The first-order valence-corrected chi connectivity index (χ1v) is 7.71. The molecule has 0 saturated heterocycles. The van der Waals surface area contributed by atoms with Gasteiger partial charge in [0.15, 0.2) is 0 Å². The fourth-order valence-electron chi connectivity index (χ4n) is 3.10. The van der Waals surface area contributed by atoms with E-state index in [-0.39, 0.29) is 11.6 Å². The zero-order chi connectivity index (χ0) is 17.3. The molecule has 0 radical (unpaired) electrons. The molecule has 2 aromatic carbocycles. The average Bonchev–Trinajstić information content (AvgIpc) is 2.89. The van der Waals surface area contributed by atoms with E-state index in [2.05, 4.69) is 9.64 Å². The van der Waals surface area contributed by atoms with Crippen molar-refractivity contribution in [3.63, 3.8) is 0 Å². The molecule has 0 saturated carbocycles. The molecule has 0 unspecified atom stereocenters. The first-order valence-electron chi connectivity index (χ1n) is 7.71. The highest BCUT2D eigenvalue weighted by atomic mass is 19.4. The molecule has 128 valence electrons. The van der Waals surface area contributed by atoms with Crippen LogP contribution in [0.1, 0.15) is 29.2 Å². The maximum Gasteiger partial charge on any atom is 0.573 e. The summed E-state index contributed by atoms with van der Waals surface area (Å²) in [5.74, 6) is -0.451. The van der Waals surface area contributed by atoms with Crippen LogP contribution in [0.4, 0.5) is 17.6 Å². The normalized spacial score (nSPS) is 14.7. The second-order valence-corrected chi connectivity index (χ2v) is 5.89. The fourth-order valence-corrected chi connectivity index (χ4v) is 3.10. The Hall–Kier alpha value is -2.08. The number of halogens is 4. The van der Waals surface area contributed by atoms with Crippen LogP contribution in [-0.4, -0.2) is 11.3 Å². The summed E-state index contributed by atoms with van der Waals surface area (Å²) in [5, 5.41) is 0. The van der Waals surface area contributed by atoms with E-state index >= 15 is 0 Å². The molecule has 0 amide bonds. The predicted octanol–water partition coefficient (Wildman–Crippen LogP) is 4.80. The SMILES string of the molecule is CCc1cc(F)cc2c1CN(Cc1ccc(OC(F)(F)F)cc1)C2. The number of rotatable bonds is 4. The highest BCUT2D eigenvalue weighted by Gasteiger charge is 2.31. The van der Waals surface area contributed by atoms with Crippen molar-refractivity contribution >= 4 is 0 Å². The Balaban J connectivity index is 1.68. The molecule has 0 aromatic heterocycles. The van der Waals surface area contributed by atoms with Gasteiger partial charge in [0, 0.05) is 19.6 Å². The molecule has 0 N–H and O–H groups in total. The Morgan fingerprint density at radius 3 is 2.42 bits per heavy atom. The Kier molecular flexibility index (Phi) is 4.49. The number of hydrogen-bond donors (Lipinski definition) is 0. The van der Waals surface area contributed by atoms with Crippen molar-refractivity contribution in [1.82, 2.24) is 4.90 Å². The standard InChI is InChI=1S/C18H17F4NO/c1-2-13-7-15(19)8-14-10-23(11-17(13)14)9-12-3-5-16(6-4-12)24-18(20,21)22/h3-8H,2,9-11H2,1H3. The van der Waals surface area contributed by atoms with Crippen LogP contribution in [0.5, 0.6) is 5.75 Å². The van der Waals surface area contributed by atoms with Gasteiger partial charge in [0.25, 0.3) is 0 Å². The molecule has 24 heavy (non-hydrogen) atoms. The Morgan fingerprint density at radius 1 is 1.08 bits per heavy atom. The smallest absolute Gasteiger partial charge is 0.406 e. The van der Waals surface area contributed by atoms with E-state index in [1.165, 1.54) is 12.1 Å². The summed E-state index contributed by atoms with van der Waals surface area (Å²) in [5.41, 5.74) is 4.05. The summed E-state index contributed by atoms with van der Waals surface area (Å²) in [6, 6.07) is 8.99. The fraction of sp³-hybridized carbons (Fsp3) is 0.333. The molecule has 0 bridgehead atoms. The molecule has 1 aliphatic rings. The molecule has 6 heteroatoms. The molecule has 0 atom stereocenters. The third kappa shape index (κ3) is 3.87. The summed E-state index contributed by atoms with van der Waals surface area (Å²) in [6.45, 7) is 3.95. The second kappa shape index (κ2) is 6.43. The van der Waals surface area contributed by atoms with Gasteiger partial charge in [0.1, 0.15) is 11.6 Å². The Bertz CT molecular complexity index is 725. The predicted molar refractivity (Wildman–Crippen MR) is 81.9 cm³/mol. The van der Waals surface area contributed by atoms with E-state index < -0.39 is 6.36 Å². The van der Waals surface area contributed by atoms with E-state index in [0.717, 1.165) is 35.2 Å². The summed E-state index contributed by atoms with van der Waals surface area (Å²) in [7, 11) is 0. The van der Waals surface area contributed by atoms with Gasteiger partial charge in [0.2, 0.25) is 0 Å². The van der Waals surface area contributed by atoms with Gasteiger partial charge in [-0.25, -0.2) is 4.39 Å². The average molecular weight is 339 g/mol. The number of hydrogen-bond acceptors (Lipinski definition) is 2. The minimum Gasteiger partial charge on any atom is -0.406 e. The zero-order valence-corrected chi connectivity index (χ0v) is 13.2. The molecular weight excluding hydrogens is 322 g/mol. The van der Waals surface area contributed by atoms with Crippen LogP contribution >= 0.6 is 0 Å². The van der Waals surface area contributed by atoms with Gasteiger partial charge < -0.3 is 4.74 Å². The zero-order valence-electron chi connectivity index (χ0n) is 13.2. The maximum absolute atomic E-state index is 13.6. The first kappa shape index (κ1) is 16.8. The van der Waals surface area contributed by atoms with Gasteiger partial charge in [0.05, 0.1) is 0 Å². The minimum absolute atomic E-state index is 0.221. The molecular formula is C18H17F4NO. The van der Waals surface area contributed by atoms with E-state index in [1.807, 2.05) is 6.92 Å². The Morgan fingerprint density at radius 2 is 1.79 bits per heavy atom. The summed E-state index contributed by atoms with van der Waals surface area (Å²) < 4.78 is 54.0. The quantitative estimate of drug-likeness (QED) is 0.742. The Labute approximate surface area is 137 Å². The van der Waals surface area contributed by atoms with Crippen LogP contribution in [0, 0.1) is 5.82 Å². The second-order valence-electron chi connectivity index (χ2n) is 5.89. The van der Waals surface area contributed by atoms with Gasteiger partial charge in [-0.2, -0.15) is 0 Å². The van der Waals surface area contributed by atoms with Crippen molar-refractivity contribution in [2.45, 2.75) is 39.3 Å². The molecule has 1 heterocycles. The third-order valence-corrected chi connectivity index (χ3v) is 4.12. The van der Waals surface area contributed by atoms with Gasteiger partial charge in [-0.15, -0.1) is 13.2 Å². The van der Waals surface area contributed by atoms with Crippen molar-refractivity contribution in [3.8, 4) is 5.75 Å². The molecule has 0 aliphatic carbocycles. The van der Waals surface area contributed by atoms with Crippen LogP contribution in [0.15, 0.2) is 36.4 Å². The van der Waals surface area contributed by atoms with Crippen molar-refractivity contribution < 1.29 is 22.3 Å². The largest absolute Gasteiger partial charge is 0.573 e. The van der Waals surface area contributed by atoms with Crippen molar-refractivity contribution in [2.24, 2.45) is 0 Å². The highest BCUT2D eigenvalue weighted by Crippen LogP contribution is 2.29. The van der Waals surface area contributed by atoms with Gasteiger partial charge in [-0.1, -0.05) is 19.1 Å². The van der Waals surface area contributed by atoms with Crippen molar-refractivity contribution in [3.05, 3.63) is 64.5 Å². The third-order valence-electron chi connectivity index (χ3n) is 4.12. The number of fused-ring (bicyclic) bond motifs is 1. The highest BCUT2D eigenvalue weighted by molar-refractivity contribution is 5.39. The summed E-state index contributed by atoms with van der Waals surface area (Å²) in [6.07, 6.45) is -3.91. The van der Waals surface area contributed by atoms with E-state index in [4.69, 9.17) is 0 Å². The van der Waals surface area contributed by atoms with Crippen LogP contribution in [-0.2, 0) is 26.1 Å². The van der Waals surface area contributed by atoms with Crippen molar-refractivity contribution in [1.29, 1.82) is 0 Å². The molecule has 1 aliphatic heterocycles. The number of nitrogens with zero attached hydrogens (tertiary/aromatic N) is 1. The van der Waals surface area contributed by atoms with E-state index in [0.29, 0.717) is 13.1 Å². The minimum atomic E-state index is -4.68. The van der Waals surface area contributed by atoms with Crippen molar-refractivity contribution in [2.75, 3.05) is 0 Å². The molecule has 3 rings (SSSR count). The van der Waals surface area contributed by atoms with Gasteiger partial charge in [-0.3, -0.25) is 4.90 Å². The topological polar surface area (TPSA) is 12.5 Å². The maximum atomic E-state index is 13.6. The summed E-state index contributed by atoms with van der Waals surface area (Å²) >= 11 is 0. The molecule has 2 aromatic rings. The lowest BCUT2D eigenvalue weighted by Gasteiger charge is -2.15. The molecule has 0 fully saturated rings. The van der Waals surface area contributed by atoms with Gasteiger partial charge >= 0.3 is 6.36 Å². The molecule has 2 nitrogen and oxygen atoms in total.